The van der Waals surface area contributed by atoms with Crippen LogP contribution in [0.4, 0.5) is 13.2 Å². The van der Waals surface area contributed by atoms with Crippen molar-refractivity contribution < 1.29 is 17.9 Å². The molecule has 0 unspecified atom stereocenters. The van der Waals surface area contributed by atoms with Crippen LogP contribution in [-0.2, 0) is 6.18 Å². The number of piperidine rings is 1. The summed E-state index contributed by atoms with van der Waals surface area (Å²) in [5.41, 5.74) is 0.477. The Balaban J connectivity index is 1.66. The summed E-state index contributed by atoms with van der Waals surface area (Å²) in [5, 5.41) is 3.33. The maximum Gasteiger partial charge on any atom is 0.417 e. The largest absolute Gasteiger partial charge is 0.439 e. The van der Waals surface area contributed by atoms with Crippen molar-refractivity contribution in [3.8, 4) is 11.6 Å². The number of rotatable bonds is 3. The number of benzene rings is 1. The molecule has 0 saturated carbocycles. The Morgan fingerprint density at radius 1 is 1.00 bits per heavy atom. The Bertz CT molecular complexity index is 632. The van der Waals surface area contributed by atoms with Crippen molar-refractivity contribution in [3.05, 3.63) is 53.7 Å². The number of hydrogen-bond donors (Lipinski definition) is 1. The first-order chi connectivity index (χ1) is 11.0. The fraction of sp³-hybridized carbons (Fsp3) is 0.353. The average Bonchev–Trinajstić information content (AvgIpc) is 2.56. The Morgan fingerprint density at radius 3 is 2.26 bits per heavy atom. The van der Waals surface area contributed by atoms with Gasteiger partial charge in [0.15, 0.2) is 0 Å². The van der Waals surface area contributed by atoms with E-state index in [4.69, 9.17) is 4.74 Å². The topological polar surface area (TPSA) is 34.1 Å². The van der Waals surface area contributed by atoms with Crippen molar-refractivity contribution in [1.29, 1.82) is 0 Å². The number of alkyl halides is 3. The van der Waals surface area contributed by atoms with Gasteiger partial charge in [-0.15, -0.1) is 0 Å². The zero-order valence-corrected chi connectivity index (χ0v) is 12.4. The lowest BCUT2D eigenvalue weighted by Crippen LogP contribution is -2.26. The molecular formula is C17H17F3N2O. The van der Waals surface area contributed by atoms with Crippen molar-refractivity contribution in [3.63, 3.8) is 0 Å². The van der Waals surface area contributed by atoms with Gasteiger partial charge < -0.3 is 10.1 Å². The van der Waals surface area contributed by atoms with Gasteiger partial charge in [0.25, 0.3) is 0 Å². The van der Waals surface area contributed by atoms with Crippen molar-refractivity contribution >= 4 is 0 Å². The van der Waals surface area contributed by atoms with Gasteiger partial charge in [-0.1, -0.05) is 12.1 Å². The highest BCUT2D eigenvalue weighted by atomic mass is 19.4. The van der Waals surface area contributed by atoms with Crippen LogP contribution in [0.5, 0.6) is 11.6 Å². The zero-order chi connectivity index (χ0) is 16.3. The van der Waals surface area contributed by atoms with Crippen LogP contribution < -0.4 is 10.1 Å². The highest BCUT2D eigenvalue weighted by molar-refractivity contribution is 5.33. The van der Waals surface area contributed by atoms with E-state index in [1.54, 1.807) is 0 Å². The number of nitrogens with one attached hydrogen (secondary N) is 1. The minimum atomic E-state index is -4.39. The third-order valence-corrected chi connectivity index (χ3v) is 3.98. The summed E-state index contributed by atoms with van der Waals surface area (Å²) in [6.07, 6.45) is -1.39. The molecule has 2 aromatic rings. The smallest absolute Gasteiger partial charge is 0.417 e. The van der Waals surface area contributed by atoms with E-state index < -0.39 is 11.7 Å². The maximum atomic E-state index is 12.5. The van der Waals surface area contributed by atoms with Gasteiger partial charge in [-0.25, -0.2) is 4.98 Å². The van der Waals surface area contributed by atoms with Gasteiger partial charge in [-0.2, -0.15) is 13.2 Å². The van der Waals surface area contributed by atoms with Crippen LogP contribution in [0.15, 0.2) is 42.6 Å². The summed E-state index contributed by atoms with van der Waals surface area (Å²) in [4.78, 5) is 3.70. The molecule has 6 heteroatoms. The predicted molar refractivity (Wildman–Crippen MR) is 80.6 cm³/mol. The summed E-state index contributed by atoms with van der Waals surface area (Å²) < 4.78 is 42.9. The molecule has 2 heterocycles. The van der Waals surface area contributed by atoms with Crippen LogP contribution in [0.1, 0.15) is 29.9 Å². The molecule has 1 saturated heterocycles. The number of hydrogen-bond acceptors (Lipinski definition) is 3. The van der Waals surface area contributed by atoms with E-state index in [0.29, 0.717) is 11.7 Å². The van der Waals surface area contributed by atoms with E-state index in [9.17, 15) is 13.2 Å². The minimum Gasteiger partial charge on any atom is -0.439 e. The van der Waals surface area contributed by atoms with Crippen molar-refractivity contribution in [2.24, 2.45) is 0 Å². The van der Waals surface area contributed by atoms with Crippen molar-refractivity contribution in [2.45, 2.75) is 24.9 Å². The summed E-state index contributed by atoms with van der Waals surface area (Å²) >= 11 is 0. The fourth-order valence-corrected chi connectivity index (χ4v) is 2.69. The van der Waals surface area contributed by atoms with E-state index in [0.717, 1.165) is 38.2 Å². The average molecular weight is 322 g/mol. The van der Waals surface area contributed by atoms with Crippen LogP contribution in [0.25, 0.3) is 0 Å². The molecule has 1 aromatic heterocycles. The lowest BCUT2D eigenvalue weighted by Gasteiger charge is -2.23. The van der Waals surface area contributed by atoms with Gasteiger partial charge >= 0.3 is 6.18 Å². The lowest BCUT2D eigenvalue weighted by molar-refractivity contribution is -0.137. The highest BCUT2D eigenvalue weighted by Crippen LogP contribution is 2.31. The Hall–Kier alpha value is -2.08. The van der Waals surface area contributed by atoms with Crippen LogP contribution in [-0.4, -0.2) is 18.1 Å². The van der Waals surface area contributed by atoms with Gasteiger partial charge in [0.2, 0.25) is 5.88 Å². The molecule has 0 bridgehead atoms. The quantitative estimate of drug-likeness (QED) is 0.912. The highest BCUT2D eigenvalue weighted by Gasteiger charge is 2.30. The predicted octanol–water partition coefficient (Wildman–Crippen LogP) is 4.36. The molecule has 0 atom stereocenters. The molecule has 1 aliphatic heterocycles. The van der Waals surface area contributed by atoms with Gasteiger partial charge in [0, 0.05) is 12.3 Å². The minimum absolute atomic E-state index is 0.146. The summed E-state index contributed by atoms with van der Waals surface area (Å²) in [5.74, 6) is 1.26. The molecule has 122 valence electrons. The molecule has 3 rings (SSSR count). The molecule has 0 aliphatic carbocycles. The molecule has 0 spiro atoms. The second-order valence-electron chi connectivity index (χ2n) is 5.58. The van der Waals surface area contributed by atoms with Gasteiger partial charge in [0.1, 0.15) is 5.75 Å². The Kier molecular flexibility index (Phi) is 4.52. The first-order valence-corrected chi connectivity index (χ1v) is 7.54. The van der Waals surface area contributed by atoms with E-state index in [2.05, 4.69) is 10.3 Å². The fourth-order valence-electron chi connectivity index (χ4n) is 2.69. The monoisotopic (exact) mass is 322 g/mol. The van der Waals surface area contributed by atoms with Crippen LogP contribution >= 0.6 is 0 Å². The molecule has 1 aliphatic rings. The summed E-state index contributed by atoms with van der Waals surface area (Å²) in [6, 6.07) is 9.87. The molecule has 3 nitrogen and oxygen atoms in total. The molecule has 0 radical (unpaired) electrons. The van der Waals surface area contributed by atoms with Crippen molar-refractivity contribution in [1.82, 2.24) is 10.3 Å². The van der Waals surface area contributed by atoms with E-state index in [-0.39, 0.29) is 5.88 Å². The van der Waals surface area contributed by atoms with Crippen LogP contribution in [0, 0.1) is 0 Å². The van der Waals surface area contributed by atoms with Crippen molar-refractivity contribution in [2.75, 3.05) is 13.1 Å². The molecule has 1 N–H and O–H groups in total. The zero-order valence-electron chi connectivity index (χ0n) is 12.4. The lowest BCUT2D eigenvalue weighted by atomic mass is 9.90. The SMILES string of the molecule is FC(F)(F)c1ccc(Oc2ccc(C3CCNCC3)cc2)nc1. The van der Waals surface area contributed by atoms with Crippen LogP contribution in [0.2, 0.25) is 0 Å². The summed E-state index contributed by atoms with van der Waals surface area (Å²) in [7, 11) is 0. The Morgan fingerprint density at radius 2 is 1.70 bits per heavy atom. The number of nitrogens with zero attached hydrogens (tertiary/aromatic N) is 1. The standard InChI is InChI=1S/C17H17F3N2O/c18-17(19,20)14-3-6-16(22-11-14)23-15-4-1-12(2-5-15)13-7-9-21-10-8-13/h1-6,11,13,21H,7-10H2. The van der Waals surface area contributed by atoms with E-state index >= 15 is 0 Å². The van der Waals surface area contributed by atoms with Gasteiger partial charge in [0.05, 0.1) is 5.56 Å². The first-order valence-electron chi connectivity index (χ1n) is 7.54. The summed E-state index contributed by atoms with van der Waals surface area (Å²) in [6.45, 7) is 2.05. The van der Waals surface area contributed by atoms with E-state index in [1.807, 2.05) is 24.3 Å². The van der Waals surface area contributed by atoms with Gasteiger partial charge in [-0.3, -0.25) is 0 Å². The number of pyridine rings is 1. The number of ether oxygens (including phenoxy) is 1. The maximum absolute atomic E-state index is 12.5. The third-order valence-electron chi connectivity index (χ3n) is 3.98. The molecule has 23 heavy (non-hydrogen) atoms. The Labute approximate surface area is 132 Å². The number of aromatic nitrogens is 1. The molecular weight excluding hydrogens is 305 g/mol. The molecule has 1 fully saturated rings. The molecule has 0 amide bonds. The second-order valence-corrected chi connectivity index (χ2v) is 5.58. The normalized spacial score (nSPS) is 16.3. The van der Waals surface area contributed by atoms with Gasteiger partial charge in [-0.05, 0) is 55.6 Å². The second kappa shape index (κ2) is 6.58. The number of halogens is 3. The third kappa shape index (κ3) is 4.01. The van der Waals surface area contributed by atoms with Crippen LogP contribution in [0.3, 0.4) is 0 Å². The first kappa shape index (κ1) is 15.8. The van der Waals surface area contributed by atoms with E-state index in [1.165, 1.54) is 11.6 Å². The molecule has 1 aromatic carbocycles.